The molecule has 20 heavy (non-hydrogen) atoms. The first-order chi connectivity index (χ1) is 9.15. The Morgan fingerprint density at radius 2 is 1.75 bits per heavy atom. The van der Waals surface area contributed by atoms with Gasteiger partial charge in [0.15, 0.2) is 0 Å². The minimum absolute atomic E-state index is 0. The molecule has 0 fully saturated rings. The summed E-state index contributed by atoms with van der Waals surface area (Å²) in [4.78, 5) is 11.7. The van der Waals surface area contributed by atoms with Crippen LogP contribution in [-0.2, 0) is 17.6 Å². The van der Waals surface area contributed by atoms with Crippen molar-refractivity contribution in [2.24, 2.45) is 0 Å². The van der Waals surface area contributed by atoms with Gasteiger partial charge in [0.2, 0.25) is 5.91 Å². The van der Waals surface area contributed by atoms with E-state index in [1.165, 1.54) is 11.1 Å². The lowest BCUT2D eigenvalue weighted by Gasteiger charge is -2.13. The second kappa shape index (κ2) is 10.7. The molecule has 1 rings (SSSR count). The summed E-state index contributed by atoms with van der Waals surface area (Å²) in [6.07, 6.45) is 2.43. The fraction of sp³-hybridized carbons (Fsp3) is 0.562. The lowest BCUT2D eigenvalue weighted by Crippen LogP contribution is -2.38. The first-order valence-electron chi connectivity index (χ1n) is 7.23. The molecular weight excluding hydrogens is 272 g/mol. The van der Waals surface area contributed by atoms with E-state index in [9.17, 15) is 4.79 Å². The fourth-order valence-corrected chi connectivity index (χ4v) is 1.98. The Hall–Kier alpha value is -1.06. The summed E-state index contributed by atoms with van der Waals surface area (Å²) >= 11 is 0. The molecule has 2 N–H and O–H groups in total. The lowest BCUT2D eigenvalue weighted by molar-refractivity contribution is -0.121. The van der Waals surface area contributed by atoms with Gasteiger partial charge in [-0.3, -0.25) is 4.79 Å². The van der Waals surface area contributed by atoms with Gasteiger partial charge in [0, 0.05) is 19.0 Å². The number of likely N-dealkylation sites (N-methyl/N-ethyl adjacent to an activating group) is 1. The number of carbonyl (C=O) groups is 1. The molecule has 1 amide bonds. The molecule has 3 nitrogen and oxygen atoms in total. The molecule has 0 bridgehead atoms. The molecule has 0 radical (unpaired) electrons. The third kappa shape index (κ3) is 7.51. The van der Waals surface area contributed by atoms with Gasteiger partial charge >= 0.3 is 0 Å². The van der Waals surface area contributed by atoms with Gasteiger partial charge in [-0.2, -0.15) is 0 Å². The standard InChI is InChI=1S/C16H26N2O.ClH/c1-4-14-6-8-15(9-7-14)10-11-16(19)18-12-13(3)17-5-2;/h6-9,13,17H,4-5,10-12H2,1-3H3,(H,18,19);1H/t13-;/m1./s1. The molecule has 114 valence electrons. The zero-order chi connectivity index (χ0) is 14.1. The highest BCUT2D eigenvalue weighted by molar-refractivity contribution is 5.85. The Morgan fingerprint density at radius 3 is 2.30 bits per heavy atom. The first-order valence-corrected chi connectivity index (χ1v) is 7.23. The highest BCUT2D eigenvalue weighted by Crippen LogP contribution is 2.07. The maximum absolute atomic E-state index is 11.7. The van der Waals surface area contributed by atoms with E-state index >= 15 is 0 Å². The zero-order valence-electron chi connectivity index (χ0n) is 12.7. The van der Waals surface area contributed by atoms with Crippen molar-refractivity contribution in [3.8, 4) is 0 Å². The molecule has 0 spiro atoms. The van der Waals surface area contributed by atoms with Crippen LogP contribution in [0.2, 0.25) is 0 Å². The smallest absolute Gasteiger partial charge is 0.220 e. The molecule has 0 aliphatic rings. The lowest BCUT2D eigenvalue weighted by atomic mass is 10.1. The van der Waals surface area contributed by atoms with Crippen molar-refractivity contribution < 1.29 is 4.79 Å². The summed E-state index contributed by atoms with van der Waals surface area (Å²) in [6.45, 7) is 7.92. The molecule has 0 saturated heterocycles. The summed E-state index contributed by atoms with van der Waals surface area (Å²) in [5.41, 5.74) is 2.57. The van der Waals surface area contributed by atoms with Gasteiger partial charge in [0.1, 0.15) is 0 Å². The van der Waals surface area contributed by atoms with Crippen LogP contribution in [0.1, 0.15) is 38.3 Å². The topological polar surface area (TPSA) is 41.1 Å². The highest BCUT2D eigenvalue weighted by atomic mass is 35.5. The first kappa shape index (κ1) is 18.9. The molecule has 1 aromatic rings. The second-order valence-corrected chi connectivity index (χ2v) is 4.93. The third-order valence-electron chi connectivity index (χ3n) is 3.23. The summed E-state index contributed by atoms with van der Waals surface area (Å²) in [7, 11) is 0. The van der Waals surface area contributed by atoms with Gasteiger partial charge in [0.25, 0.3) is 0 Å². The number of aryl methyl sites for hydroxylation is 2. The summed E-state index contributed by atoms with van der Waals surface area (Å²) in [6, 6.07) is 8.85. The van der Waals surface area contributed by atoms with E-state index in [4.69, 9.17) is 0 Å². The van der Waals surface area contributed by atoms with Crippen molar-refractivity contribution in [3.05, 3.63) is 35.4 Å². The molecule has 0 unspecified atom stereocenters. The number of hydrogen-bond donors (Lipinski definition) is 2. The molecule has 0 aromatic heterocycles. The van der Waals surface area contributed by atoms with E-state index < -0.39 is 0 Å². The summed E-state index contributed by atoms with van der Waals surface area (Å²) < 4.78 is 0. The van der Waals surface area contributed by atoms with Crippen LogP contribution in [0.5, 0.6) is 0 Å². The average Bonchev–Trinajstić information content (AvgIpc) is 2.44. The zero-order valence-corrected chi connectivity index (χ0v) is 13.6. The number of benzene rings is 1. The molecule has 4 heteroatoms. The van der Waals surface area contributed by atoms with Crippen molar-refractivity contribution in [1.29, 1.82) is 0 Å². The van der Waals surface area contributed by atoms with Crippen LogP contribution in [0.4, 0.5) is 0 Å². The van der Waals surface area contributed by atoms with E-state index in [1.807, 2.05) is 0 Å². The highest BCUT2D eigenvalue weighted by Gasteiger charge is 2.04. The number of amides is 1. The van der Waals surface area contributed by atoms with E-state index in [-0.39, 0.29) is 18.3 Å². The summed E-state index contributed by atoms with van der Waals surface area (Å²) in [5, 5.41) is 6.23. The number of carbonyl (C=O) groups excluding carboxylic acids is 1. The molecule has 0 aliphatic carbocycles. The molecule has 0 aliphatic heterocycles. The Balaban J connectivity index is 0.00000361. The molecule has 0 heterocycles. The van der Waals surface area contributed by atoms with Crippen LogP contribution < -0.4 is 10.6 Å². The monoisotopic (exact) mass is 298 g/mol. The third-order valence-corrected chi connectivity index (χ3v) is 3.23. The van der Waals surface area contributed by atoms with Gasteiger partial charge in [-0.25, -0.2) is 0 Å². The minimum atomic E-state index is 0. The maximum Gasteiger partial charge on any atom is 0.220 e. The van der Waals surface area contributed by atoms with Crippen LogP contribution in [0.15, 0.2) is 24.3 Å². The van der Waals surface area contributed by atoms with Crippen LogP contribution >= 0.6 is 12.4 Å². The predicted molar refractivity (Wildman–Crippen MR) is 87.5 cm³/mol. The van der Waals surface area contributed by atoms with Crippen molar-refractivity contribution in [2.45, 2.75) is 46.1 Å². The maximum atomic E-state index is 11.7. The van der Waals surface area contributed by atoms with E-state index in [2.05, 4.69) is 55.7 Å². The molecular formula is C16H27ClN2O. The normalized spacial score (nSPS) is 11.6. The van der Waals surface area contributed by atoms with Gasteiger partial charge in [0.05, 0.1) is 0 Å². The molecule has 1 aromatic carbocycles. The summed E-state index contributed by atoms with van der Waals surface area (Å²) in [5.74, 6) is 0.129. The average molecular weight is 299 g/mol. The van der Waals surface area contributed by atoms with E-state index in [0.717, 1.165) is 19.4 Å². The quantitative estimate of drug-likeness (QED) is 0.775. The molecule has 1 atom stereocenters. The Bertz CT molecular complexity index is 379. The van der Waals surface area contributed by atoms with Crippen molar-refractivity contribution in [3.63, 3.8) is 0 Å². The van der Waals surface area contributed by atoms with Crippen LogP contribution in [-0.4, -0.2) is 25.0 Å². The van der Waals surface area contributed by atoms with E-state index in [1.54, 1.807) is 0 Å². The van der Waals surface area contributed by atoms with Crippen LogP contribution in [0.25, 0.3) is 0 Å². The fourth-order valence-electron chi connectivity index (χ4n) is 1.98. The Kier molecular flexibility index (Phi) is 10.1. The van der Waals surface area contributed by atoms with Crippen LogP contribution in [0.3, 0.4) is 0 Å². The molecule has 0 saturated carbocycles. The predicted octanol–water partition coefficient (Wildman–Crippen LogP) is 2.72. The SMILES string of the molecule is CCN[C@H](C)CNC(=O)CCc1ccc(CC)cc1.Cl. The van der Waals surface area contributed by atoms with Gasteiger partial charge in [-0.1, -0.05) is 38.1 Å². The minimum Gasteiger partial charge on any atom is -0.355 e. The number of nitrogens with one attached hydrogen (secondary N) is 2. The van der Waals surface area contributed by atoms with Crippen molar-refractivity contribution in [1.82, 2.24) is 10.6 Å². The van der Waals surface area contributed by atoms with Crippen molar-refractivity contribution >= 4 is 18.3 Å². The van der Waals surface area contributed by atoms with Gasteiger partial charge in [-0.15, -0.1) is 12.4 Å². The number of hydrogen-bond acceptors (Lipinski definition) is 2. The van der Waals surface area contributed by atoms with Gasteiger partial charge in [-0.05, 0) is 37.4 Å². The Morgan fingerprint density at radius 1 is 1.15 bits per heavy atom. The van der Waals surface area contributed by atoms with Crippen LogP contribution in [0, 0.1) is 0 Å². The largest absolute Gasteiger partial charge is 0.355 e. The number of halogens is 1. The van der Waals surface area contributed by atoms with Crippen molar-refractivity contribution in [2.75, 3.05) is 13.1 Å². The van der Waals surface area contributed by atoms with E-state index in [0.29, 0.717) is 19.0 Å². The Labute approximate surface area is 128 Å². The van der Waals surface area contributed by atoms with Gasteiger partial charge < -0.3 is 10.6 Å². The number of rotatable bonds is 8. The second-order valence-electron chi connectivity index (χ2n) is 4.93.